The molecule has 9 heteroatoms. The number of oxazole rings is 1. The van der Waals surface area contributed by atoms with Crippen LogP contribution in [0.2, 0.25) is 10.0 Å². The van der Waals surface area contributed by atoms with Crippen molar-refractivity contribution in [1.29, 1.82) is 0 Å². The summed E-state index contributed by atoms with van der Waals surface area (Å²) >= 11 is 11.9. The van der Waals surface area contributed by atoms with Gasteiger partial charge in [0, 0.05) is 18.1 Å². The second-order valence-corrected chi connectivity index (χ2v) is 7.32. The summed E-state index contributed by atoms with van der Waals surface area (Å²) in [5.74, 6) is -0.564. The third kappa shape index (κ3) is 2.95. The van der Waals surface area contributed by atoms with E-state index in [0.29, 0.717) is 10.5 Å². The SMILES string of the molecule is Cn1c(=O)oc2cc(Cl)c(NS(=O)(=O)c3cccc(Cl)c3)cc21. The zero-order valence-corrected chi connectivity index (χ0v) is 14.0. The molecule has 0 saturated heterocycles. The van der Waals surface area contributed by atoms with E-state index >= 15 is 0 Å². The number of sulfonamides is 1. The molecule has 0 saturated carbocycles. The van der Waals surface area contributed by atoms with Crippen molar-refractivity contribution in [2.45, 2.75) is 4.90 Å². The standard InChI is InChI=1S/C14H10Cl2N2O4S/c1-18-12-7-11(10(16)6-13(12)22-14(18)19)17-23(20,21)9-4-2-3-8(15)5-9/h2-7,17H,1H3. The number of rotatable bonds is 3. The van der Waals surface area contributed by atoms with Crippen molar-refractivity contribution >= 4 is 50.0 Å². The van der Waals surface area contributed by atoms with Crippen LogP contribution in [0.15, 0.2) is 50.5 Å². The molecule has 23 heavy (non-hydrogen) atoms. The summed E-state index contributed by atoms with van der Waals surface area (Å²) in [6.07, 6.45) is 0. The number of hydrogen-bond acceptors (Lipinski definition) is 4. The van der Waals surface area contributed by atoms with Gasteiger partial charge in [-0.05, 0) is 24.3 Å². The topological polar surface area (TPSA) is 81.3 Å². The van der Waals surface area contributed by atoms with Gasteiger partial charge in [0.15, 0.2) is 5.58 Å². The summed E-state index contributed by atoms with van der Waals surface area (Å²) in [5.41, 5.74) is 0.826. The number of benzene rings is 2. The summed E-state index contributed by atoms with van der Waals surface area (Å²) in [7, 11) is -2.36. The number of fused-ring (bicyclic) bond motifs is 1. The Morgan fingerprint density at radius 1 is 1.17 bits per heavy atom. The Morgan fingerprint density at radius 2 is 1.91 bits per heavy atom. The van der Waals surface area contributed by atoms with Crippen LogP contribution >= 0.6 is 23.2 Å². The van der Waals surface area contributed by atoms with Crippen LogP contribution in [0.3, 0.4) is 0 Å². The average Bonchev–Trinajstić information content (AvgIpc) is 2.74. The molecule has 0 unspecified atom stereocenters. The van der Waals surface area contributed by atoms with Gasteiger partial charge in [0.05, 0.1) is 21.1 Å². The van der Waals surface area contributed by atoms with Gasteiger partial charge in [-0.15, -0.1) is 0 Å². The lowest BCUT2D eigenvalue weighted by Gasteiger charge is -2.10. The highest BCUT2D eigenvalue weighted by molar-refractivity contribution is 7.92. The molecule has 2 aromatic carbocycles. The van der Waals surface area contributed by atoms with Crippen molar-refractivity contribution < 1.29 is 12.8 Å². The highest BCUT2D eigenvalue weighted by atomic mass is 35.5. The van der Waals surface area contributed by atoms with Crippen molar-refractivity contribution in [1.82, 2.24) is 4.57 Å². The number of hydrogen-bond donors (Lipinski definition) is 1. The minimum absolute atomic E-state index is 0.00208. The van der Waals surface area contributed by atoms with Crippen molar-refractivity contribution in [2.24, 2.45) is 7.05 Å². The number of nitrogens with zero attached hydrogens (tertiary/aromatic N) is 1. The minimum atomic E-state index is -3.87. The summed E-state index contributed by atoms with van der Waals surface area (Å²) < 4.78 is 33.5. The number of nitrogens with one attached hydrogen (secondary N) is 1. The minimum Gasteiger partial charge on any atom is -0.408 e. The Hall–Kier alpha value is -1.96. The molecule has 0 amide bonds. The maximum absolute atomic E-state index is 12.4. The Morgan fingerprint density at radius 3 is 2.61 bits per heavy atom. The van der Waals surface area contributed by atoms with Gasteiger partial charge < -0.3 is 4.42 Å². The zero-order valence-electron chi connectivity index (χ0n) is 11.7. The Balaban J connectivity index is 2.09. The lowest BCUT2D eigenvalue weighted by molar-refractivity contribution is 0.528. The van der Waals surface area contributed by atoms with E-state index in [1.54, 1.807) is 6.07 Å². The largest absolute Gasteiger partial charge is 0.419 e. The van der Waals surface area contributed by atoms with E-state index in [-0.39, 0.29) is 21.2 Å². The number of anilines is 1. The summed E-state index contributed by atoms with van der Waals surface area (Å²) in [6.45, 7) is 0. The van der Waals surface area contributed by atoms with Crippen LogP contribution < -0.4 is 10.5 Å². The number of halogens is 2. The monoisotopic (exact) mass is 372 g/mol. The molecule has 0 aliphatic heterocycles. The lowest BCUT2D eigenvalue weighted by Crippen LogP contribution is -2.13. The van der Waals surface area contributed by atoms with Gasteiger partial charge in [-0.3, -0.25) is 9.29 Å². The first-order valence-electron chi connectivity index (χ1n) is 6.35. The highest BCUT2D eigenvalue weighted by Gasteiger charge is 2.18. The van der Waals surface area contributed by atoms with Crippen LogP contribution in [0.5, 0.6) is 0 Å². The van der Waals surface area contributed by atoms with Crippen LogP contribution in [0.25, 0.3) is 11.1 Å². The fraction of sp³-hybridized carbons (Fsp3) is 0.0714. The Kier molecular flexibility index (Phi) is 3.87. The molecule has 0 fully saturated rings. The summed E-state index contributed by atoms with van der Waals surface area (Å²) in [6, 6.07) is 8.65. The van der Waals surface area contributed by atoms with E-state index in [1.807, 2.05) is 0 Å². The molecule has 120 valence electrons. The second-order valence-electron chi connectivity index (χ2n) is 4.79. The first-order valence-corrected chi connectivity index (χ1v) is 8.59. The molecular weight excluding hydrogens is 363 g/mol. The fourth-order valence-electron chi connectivity index (χ4n) is 2.06. The zero-order chi connectivity index (χ0) is 16.8. The van der Waals surface area contributed by atoms with Crippen LogP contribution in [0.1, 0.15) is 0 Å². The van der Waals surface area contributed by atoms with E-state index in [2.05, 4.69) is 4.72 Å². The van der Waals surface area contributed by atoms with Gasteiger partial charge in [-0.2, -0.15) is 0 Å². The lowest BCUT2D eigenvalue weighted by atomic mass is 10.3. The molecule has 0 aliphatic carbocycles. The summed E-state index contributed by atoms with van der Waals surface area (Å²) in [5, 5.41) is 0.407. The van der Waals surface area contributed by atoms with E-state index < -0.39 is 15.8 Å². The molecule has 1 aromatic heterocycles. The van der Waals surface area contributed by atoms with Gasteiger partial charge in [0.1, 0.15) is 0 Å². The third-order valence-corrected chi connectivity index (χ3v) is 5.14. The highest BCUT2D eigenvalue weighted by Crippen LogP contribution is 2.29. The Labute approximate surface area is 141 Å². The van der Waals surface area contributed by atoms with E-state index in [1.165, 1.54) is 41.9 Å². The normalized spacial score (nSPS) is 11.8. The van der Waals surface area contributed by atoms with Crippen molar-refractivity contribution in [3.63, 3.8) is 0 Å². The fourth-order valence-corrected chi connectivity index (χ4v) is 3.69. The quantitative estimate of drug-likeness (QED) is 0.764. The second kappa shape index (κ2) is 5.59. The summed E-state index contributed by atoms with van der Waals surface area (Å²) in [4.78, 5) is 11.5. The Bertz CT molecular complexity index is 1070. The first kappa shape index (κ1) is 15.9. The molecule has 0 radical (unpaired) electrons. The van der Waals surface area contributed by atoms with Crippen molar-refractivity contribution in [3.8, 4) is 0 Å². The molecular formula is C14H10Cl2N2O4S. The maximum atomic E-state index is 12.4. The van der Waals surface area contributed by atoms with Gasteiger partial charge in [0.2, 0.25) is 0 Å². The van der Waals surface area contributed by atoms with Crippen LogP contribution in [0, 0.1) is 0 Å². The third-order valence-electron chi connectivity index (χ3n) is 3.23. The first-order chi connectivity index (χ1) is 10.8. The molecule has 0 bridgehead atoms. The molecule has 1 N–H and O–H groups in total. The molecule has 1 heterocycles. The van der Waals surface area contributed by atoms with Crippen molar-refractivity contribution in [2.75, 3.05) is 4.72 Å². The van der Waals surface area contributed by atoms with Gasteiger partial charge >= 0.3 is 5.76 Å². The van der Waals surface area contributed by atoms with Crippen molar-refractivity contribution in [3.05, 3.63) is 57.0 Å². The number of aromatic nitrogens is 1. The maximum Gasteiger partial charge on any atom is 0.419 e. The predicted molar refractivity (Wildman–Crippen MR) is 88.7 cm³/mol. The average molecular weight is 373 g/mol. The molecule has 0 aliphatic rings. The molecule has 3 aromatic rings. The van der Waals surface area contributed by atoms with Gasteiger partial charge in [0.25, 0.3) is 10.0 Å². The molecule has 0 spiro atoms. The van der Waals surface area contributed by atoms with Crippen LogP contribution in [-0.4, -0.2) is 13.0 Å². The smallest absolute Gasteiger partial charge is 0.408 e. The molecule has 6 nitrogen and oxygen atoms in total. The van der Waals surface area contributed by atoms with E-state index in [0.717, 1.165) is 0 Å². The molecule has 0 atom stereocenters. The van der Waals surface area contributed by atoms with Gasteiger partial charge in [-0.1, -0.05) is 29.3 Å². The van der Waals surface area contributed by atoms with Crippen LogP contribution in [0.4, 0.5) is 5.69 Å². The van der Waals surface area contributed by atoms with Crippen LogP contribution in [-0.2, 0) is 17.1 Å². The number of aryl methyl sites for hydroxylation is 1. The molecule has 3 rings (SSSR count). The van der Waals surface area contributed by atoms with E-state index in [9.17, 15) is 13.2 Å². The van der Waals surface area contributed by atoms with E-state index in [4.69, 9.17) is 27.6 Å². The van der Waals surface area contributed by atoms with Gasteiger partial charge in [-0.25, -0.2) is 13.2 Å². The predicted octanol–water partition coefficient (Wildman–Crippen LogP) is 3.24.